The van der Waals surface area contributed by atoms with E-state index in [1.807, 2.05) is 104 Å². The molecule has 25 nitrogen and oxygen atoms in total. The van der Waals surface area contributed by atoms with Gasteiger partial charge in [-0.25, -0.2) is 44.3 Å². The first-order valence-corrected chi connectivity index (χ1v) is 35.7. The van der Waals surface area contributed by atoms with Crippen LogP contribution in [0.15, 0.2) is 306 Å². The lowest BCUT2D eigenvalue weighted by molar-refractivity contribution is 0.582. The molecule has 5 aromatic carbocycles. The van der Waals surface area contributed by atoms with E-state index in [4.69, 9.17) is 22.9 Å². The van der Waals surface area contributed by atoms with Gasteiger partial charge in [-0.15, -0.1) is 0 Å². The molecule has 116 heavy (non-hydrogen) atoms. The number of halogens is 3. The summed E-state index contributed by atoms with van der Waals surface area (Å²) < 4.78 is 46.3. The summed E-state index contributed by atoms with van der Waals surface area (Å²) in [6.45, 7) is 1.91. The van der Waals surface area contributed by atoms with Gasteiger partial charge in [-0.2, -0.15) is 8.78 Å². The van der Waals surface area contributed by atoms with Gasteiger partial charge in [0.15, 0.2) is 0 Å². The molecule has 0 aliphatic heterocycles. The fourth-order valence-electron chi connectivity index (χ4n) is 13.7. The molecule has 15 heterocycles. The van der Waals surface area contributed by atoms with Crippen molar-refractivity contribution in [2.75, 3.05) is 22.9 Å². The lowest BCUT2D eigenvalue weighted by Gasteiger charge is -2.13. The highest BCUT2D eigenvalue weighted by Crippen LogP contribution is 2.35. The minimum absolute atomic E-state index is 0.128. The average molecular weight is 1530 g/mol. The molecular formula is C88H58F3N21O4. The second-order valence-corrected chi connectivity index (χ2v) is 26.6. The van der Waals surface area contributed by atoms with Crippen LogP contribution in [-0.2, 0) is 0 Å². The number of nitrogen functional groups attached to an aromatic ring is 4. The Morgan fingerprint density at radius 2 is 0.543 bits per heavy atom. The number of aryl methyl sites for hydroxylation is 1. The standard InChI is InChI=1S/C23H15FN4O.C22H14FN5O.C22H16N6O.C21H13FN6O/c24-17-4-6-18(7-5-17)28-22(29)10-3-16-13-26-20-8-1-14(11-19(20)23(16)28)15-2-9-21(25)27-12-15;23-19-6-4-16(12-26-19)28-21(29)8-3-15-11-25-18-5-1-13(9-17(18)22(15)28)14-2-7-20(24)27-10-14;1-13-2-5-17(12-24-13)28-20(29)7-4-15-9-25-19-6-3-14(8-18(19)21(15)28)16-10-26-22(23)27-11-16;22-18-5-3-15(11-25-18)28-19(29)6-2-13-8-24-17-4-1-12(7-16(17)20(13)28)14-9-26-21(23)27-10-14/h1-13H,(H2,25,27);1-12H,(H2,24,27);2-12H,1H3,(H2,23,26,27);1-11H,(H2,23,26,27). The van der Waals surface area contributed by atoms with E-state index in [1.165, 1.54) is 76.1 Å². The number of anilines is 4. The SMILES string of the molecule is Cc1ccc(-n2c(=O)ccc3cnc4ccc(-c5cnc(N)nc5)cc4c32)cn1.Nc1ccc(-c2ccc3ncc4ccc(=O)n(-c5ccc(F)cc5)c4c3c2)cn1.Nc1ccc(-c2ccc3ncc4ccc(=O)n(-c5ccc(F)nc5)c4c3c2)cn1.Nc1ncc(-c2ccc3ncc4ccc(=O)n(-c5ccc(F)nc5)c4c3c2)cn1. The van der Waals surface area contributed by atoms with Crippen molar-refractivity contribution in [2.24, 2.45) is 0 Å². The normalized spacial score (nSPS) is 11.2. The number of nitrogens with zero attached hydrogens (tertiary/aromatic N) is 17. The molecule has 20 rings (SSSR count). The quantitative estimate of drug-likeness (QED) is 0.0811. The Labute approximate surface area is 652 Å². The summed E-state index contributed by atoms with van der Waals surface area (Å²) in [5.41, 5.74) is 37.8. The molecule has 28 heteroatoms. The first-order valence-electron chi connectivity index (χ1n) is 35.7. The molecule has 0 aliphatic carbocycles. The molecule has 15 aromatic heterocycles. The Morgan fingerprint density at radius 1 is 0.250 bits per heavy atom. The largest absolute Gasteiger partial charge is 0.384 e. The van der Waals surface area contributed by atoms with Gasteiger partial charge in [0.25, 0.3) is 22.2 Å². The second kappa shape index (κ2) is 30.4. The summed E-state index contributed by atoms with van der Waals surface area (Å²) in [5, 5.41) is 6.46. The topological polar surface area (TPSA) is 360 Å². The van der Waals surface area contributed by atoms with E-state index in [-0.39, 0.29) is 40.0 Å². The maximum absolute atomic E-state index is 13.4. The molecule has 0 fully saturated rings. The predicted octanol–water partition coefficient (Wildman–Crippen LogP) is 14.4. The third kappa shape index (κ3) is 14.3. The zero-order valence-corrected chi connectivity index (χ0v) is 60.8. The molecule has 0 radical (unpaired) electrons. The highest BCUT2D eigenvalue weighted by molar-refractivity contribution is 6.09. The van der Waals surface area contributed by atoms with Gasteiger partial charge < -0.3 is 22.9 Å². The van der Waals surface area contributed by atoms with Crippen LogP contribution in [0.2, 0.25) is 0 Å². The molecule has 0 saturated heterocycles. The van der Waals surface area contributed by atoms with E-state index in [0.29, 0.717) is 50.9 Å². The summed E-state index contributed by atoms with van der Waals surface area (Å²) in [4.78, 5) is 105. The van der Waals surface area contributed by atoms with Gasteiger partial charge in [0.2, 0.25) is 23.8 Å². The summed E-state index contributed by atoms with van der Waals surface area (Å²) in [6.07, 6.45) is 21.4. The maximum Gasteiger partial charge on any atom is 0.255 e. The van der Waals surface area contributed by atoms with Gasteiger partial charge in [0.1, 0.15) is 17.5 Å². The molecule has 0 unspecified atom stereocenters. The van der Waals surface area contributed by atoms with E-state index in [9.17, 15) is 32.3 Å². The zero-order chi connectivity index (χ0) is 79.8. The Bertz CT molecular complexity index is 6600. The molecule has 0 bridgehead atoms. The van der Waals surface area contributed by atoms with E-state index in [2.05, 4.69) is 64.8 Å². The van der Waals surface area contributed by atoms with Gasteiger partial charge in [-0.3, -0.25) is 62.4 Å². The molecule has 0 amide bonds. The fraction of sp³-hybridized carbons (Fsp3) is 0.0114. The summed E-state index contributed by atoms with van der Waals surface area (Å²) in [6, 6.07) is 58.6. The average Bonchev–Trinajstić information content (AvgIpc) is 0.767. The molecular weight excluding hydrogens is 1470 g/mol. The lowest BCUT2D eigenvalue weighted by Crippen LogP contribution is -2.18. The minimum Gasteiger partial charge on any atom is -0.384 e. The van der Waals surface area contributed by atoms with Gasteiger partial charge >= 0.3 is 0 Å². The predicted molar refractivity (Wildman–Crippen MR) is 444 cm³/mol. The highest BCUT2D eigenvalue weighted by Gasteiger charge is 2.19. The van der Waals surface area contributed by atoms with Crippen molar-refractivity contribution in [3.05, 3.63) is 352 Å². The number of rotatable bonds is 8. The van der Waals surface area contributed by atoms with Crippen molar-refractivity contribution in [3.63, 3.8) is 0 Å². The molecule has 20 aromatic rings. The number of benzene rings is 5. The highest BCUT2D eigenvalue weighted by atomic mass is 19.1. The van der Waals surface area contributed by atoms with E-state index in [1.54, 1.807) is 132 Å². The minimum atomic E-state index is -0.612. The first-order chi connectivity index (χ1) is 56.4. The van der Waals surface area contributed by atoms with Crippen LogP contribution in [0.25, 0.3) is 154 Å². The second-order valence-electron chi connectivity index (χ2n) is 26.6. The summed E-state index contributed by atoms with van der Waals surface area (Å²) in [5.74, 6) is -0.259. The Balaban J connectivity index is 0.000000111. The van der Waals surface area contributed by atoms with E-state index < -0.39 is 11.9 Å². The third-order valence-electron chi connectivity index (χ3n) is 19.3. The molecule has 0 aliphatic rings. The number of hydrogen-bond donors (Lipinski definition) is 4. The van der Waals surface area contributed by atoms with Crippen LogP contribution in [0.5, 0.6) is 0 Å². The molecule has 0 saturated carbocycles. The van der Waals surface area contributed by atoms with E-state index in [0.717, 1.165) is 121 Å². The van der Waals surface area contributed by atoms with E-state index >= 15 is 0 Å². The van der Waals surface area contributed by atoms with Crippen LogP contribution in [0, 0.1) is 24.6 Å². The zero-order valence-electron chi connectivity index (χ0n) is 60.8. The van der Waals surface area contributed by atoms with Crippen molar-refractivity contribution in [3.8, 4) is 67.3 Å². The van der Waals surface area contributed by atoms with Gasteiger partial charge in [-0.1, -0.05) is 24.3 Å². The first kappa shape index (κ1) is 72.3. The Morgan fingerprint density at radius 3 is 0.845 bits per heavy atom. The smallest absolute Gasteiger partial charge is 0.255 e. The molecule has 0 spiro atoms. The van der Waals surface area contributed by atoms with Crippen molar-refractivity contribution >= 4 is 111 Å². The Kier molecular flexibility index (Phi) is 19.0. The van der Waals surface area contributed by atoms with Crippen LogP contribution >= 0.6 is 0 Å². The number of aromatic nitrogens is 17. The number of pyridine rings is 13. The number of fused-ring (bicyclic) bond motifs is 12. The molecule has 0 atom stereocenters. The summed E-state index contributed by atoms with van der Waals surface area (Å²) in [7, 11) is 0. The van der Waals surface area contributed by atoms with Crippen molar-refractivity contribution < 1.29 is 13.2 Å². The van der Waals surface area contributed by atoms with Gasteiger partial charge in [-0.05, 0) is 187 Å². The maximum atomic E-state index is 13.4. The van der Waals surface area contributed by atoms with Crippen molar-refractivity contribution in [2.45, 2.75) is 6.92 Å². The van der Waals surface area contributed by atoms with Crippen molar-refractivity contribution in [1.29, 1.82) is 0 Å². The van der Waals surface area contributed by atoms with Crippen LogP contribution in [-0.4, -0.2) is 83.1 Å². The Hall–Kier alpha value is -16.5. The van der Waals surface area contributed by atoms with Crippen LogP contribution in [0.1, 0.15) is 5.69 Å². The van der Waals surface area contributed by atoms with Crippen LogP contribution in [0.3, 0.4) is 0 Å². The van der Waals surface area contributed by atoms with Gasteiger partial charge in [0.05, 0.1) is 79.8 Å². The van der Waals surface area contributed by atoms with Gasteiger partial charge in [0, 0.05) is 163 Å². The fourth-order valence-corrected chi connectivity index (χ4v) is 13.7. The van der Waals surface area contributed by atoms with Crippen LogP contribution < -0.4 is 45.2 Å². The lowest BCUT2D eigenvalue weighted by atomic mass is 10.0. The molecule has 8 N–H and O–H groups in total. The third-order valence-corrected chi connectivity index (χ3v) is 19.3. The number of nitrogens with two attached hydrogens (primary N) is 4. The number of hydrogen-bond acceptors (Lipinski definition) is 21. The van der Waals surface area contributed by atoms with Crippen LogP contribution in [0.4, 0.5) is 36.7 Å². The monoisotopic (exact) mass is 1530 g/mol. The van der Waals surface area contributed by atoms with Crippen molar-refractivity contribution in [1.82, 2.24) is 83.1 Å². The summed E-state index contributed by atoms with van der Waals surface area (Å²) >= 11 is 0. The molecule has 560 valence electrons.